The summed E-state index contributed by atoms with van der Waals surface area (Å²) in [5, 5.41) is 2.84. The fourth-order valence-electron chi connectivity index (χ4n) is 1.27. The average Bonchev–Trinajstić information content (AvgIpc) is 2.29. The molecule has 7 heteroatoms. The van der Waals surface area contributed by atoms with Gasteiger partial charge in [0.15, 0.2) is 5.15 Å². The predicted octanol–water partition coefficient (Wildman–Crippen LogP) is 1.82. The van der Waals surface area contributed by atoms with Gasteiger partial charge in [0.1, 0.15) is 11.0 Å². The minimum Gasteiger partial charge on any atom is -0.355 e. The van der Waals surface area contributed by atoms with E-state index in [9.17, 15) is 9.59 Å². The summed E-state index contributed by atoms with van der Waals surface area (Å²) in [7, 11) is 0. The van der Waals surface area contributed by atoms with Crippen molar-refractivity contribution in [2.24, 2.45) is 5.92 Å². The Bertz CT molecular complexity index is 488. The average molecular weight is 337 g/mol. The second kappa shape index (κ2) is 6.89. The molecule has 1 rings (SSSR count). The lowest BCUT2D eigenvalue weighted by Gasteiger charge is -2.08. The Kier molecular flexibility index (Phi) is 5.81. The number of hydrogen-bond acceptors (Lipinski definition) is 3. The third kappa shape index (κ3) is 4.42. The van der Waals surface area contributed by atoms with Crippen molar-refractivity contribution in [1.82, 2.24) is 14.9 Å². The molecule has 0 saturated carbocycles. The third-order valence-corrected chi connectivity index (χ3v) is 3.53. The van der Waals surface area contributed by atoms with Gasteiger partial charge in [0.25, 0.3) is 5.56 Å². The van der Waals surface area contributed by atoms with Crippen LogP contribution in [0.1, 0.15) is 20.3 Å². The van der Waals surface area contributed by atoms with Crippen LogP contribution in [0, 0.1) is 5.92 Å². The first-order valence-corrected chi connectivity index (χ1v) is 6.76. The van der Waals surface area contributed by atoms with E-state index >= 15 is 0 Å². The van der Waals surface area contributed by atoms with E-state index in [0.29, 0.717) is 12.5 Å². The molecule has 0 saturated heterocycles. The Labute approximate surface area is 119 Å². The Morgan fingerprint density at radius 1 is 1.61 bits per heavy atom. The smallest absolute Gasteiger partial charge is 0.269 e. The molecule has 0 unspecified atom stereocenters. The second-order valence-electron chi connectivity index (χ2n) is 4.31. The molecular formula is C11H15BrClN3O2. The molecule has 0 aliphatic rings. The Hall–Kier alpha value is -0.880. The first kappa shape index (κ1) is 15.2. The van der Waals surface area contributed by atoms with Crippen molar-refractivity contribution in [3.05, 3.63) is 26.3 Å². The molecule has 1 aromatic rings. The van der Waals surface area contributed by atoms with E-state index < -0.39 is 0 Å². The van der Waals surface area contributed by atoms with E-state index in [1.165, 1.54) is 10.9 Å². The minimum absolute atomic E-state index is 0.0559. The maximum absolute atomic E-state index is 11.7. The normalized spacial score (nSPS) is 10.7. The van der Waals surface area contributed by atoms with Crippen molar-refractivity contribution in [3.8, 4) is 0 Å². The van der Waals surface area contributed by atoms with Gasteiger partial charge in [-0.3, -0.25) is 14.2 Å². The van der Waals surface area contributed by atoms with Crippen LogP contribution in [0.15, 0.2) is 15.6 Å². The first-order chi connectivity index (χ1) is 8.41. The molecule has 0 spiro atoms. The van der Waals surface area contributed by atoms with Crippen LogP contribution in [-0.2, 0) is 11.3 Å². The fraction of sp³-hybridized carbons (Fsp3) is 0.545. The monoisotopic (exact) mass is 335 g/mol. The van der Waals surface area contributed by atoms with E-state index in [1.807, 2.05) is 0 Å². The van der Waals surface area contributed by atoms with E-state index in [4.69, 9.17) is 11.6 Å². The topological polar surface area (TPSA) is 64.0 Å². The summed E-state index contributed by atoms with van der Waals surface area (Å²) in [6, 6.07) is 0. The SMILES string of the molecule is CC(C)CCNC(=O)Cn1cnc(Cl)c(Br)c1=O. The molecule has 1 aromatic heterocycles. The van der Waals surface area contributed by atoms with Crippen LogP contribution in [0.5, 0.6) is 0 Å². The van der Waals surface area contributed by atoms with E-state index in [1.54, 1.807) is 0 Å². The molecule has 0 radical (unpaired) electrons. The molecule has 0 aliphatic carbocycles. The predicted molar refractivity (Wildman–Crippen MR) is 73.7 cm³/mol. The summed E-state index contributed by atoms with van der Waals surface area (Å²) < 4.78 is 1.38. The molecule has 1 heterocycles. The summed E-state index contributed by atoms with van der Waals surface area (Å²) in [6.45, 7) is 4.71. The highest BCUT2D eigenvalue weighted by Gasteiger charge is 2.09. The molecule has 1 N–H and O–H groups in total. The van der Waals surface area contributed by atoms with Crippen LogP contribution in [0.4, 0.5) is 0 Å². The number of hydrogen-bond donors (Lipinski definition) is 1. The molecule has 100 valence electrons. The number of rotatable bonds is 5. The van der Waals surface area contributed by atoms with E-state index in [0.717, 1.165) is 6.42 Å². The number of amides is 1. The van der Waals surface area contributed by atoms with Crippen molar-refractivity contribution in [2.75, 3.05) is 6.54 Å². The highest BCUT2D eigenvalue weighted by Crippen LogP contribution is 2.13. The summed E-state index contributed by atoms with van der Waals surface area (Å²) in [6.07, 6.45) is 2.17. The number of nitrogens with zero attached hydrogens (tertiary/aromatic N) is 2. The van der Waals surface area contributed by atoms with Gasteiger partial charge in [-0.25, -0.2) is 4.98 Å². The maximum atomic E-state index is 11.7. The Morgan fingerprint density at radius 3 is 2.89 bits per heavy atom. The van der Waals surface area contributed by atoms with Crippen molar-refractivity contribution in [3.63, 3.8) is 0 Å². The summed E-state index contributed by atoms with van der Waals surface area (Å²) in [5.41, 5.74) is -0.367. The number of carbonyl (C=O) groups is 1. The number of aromatic nitrogens is 2. The zero-order valence-electron chi connectivity index (χ0n) is 10.2. The maximum Gasteiger partial charge on any atom is 0.269 e. The fourth-order valence-corrected chi connectivity index (χ4v) is 1.72. The first-order valence-electron chi connectivity index (χ1n) is 5.59. The van der Waals surface area contributed by atoms with E-state index in [-0.39, 0.29) is 27.6 Å². The number of carbonyl (C=O) groups excluding carboxylic acids is 1. The van der Waals surface area contributed by atoms with Crippen LogP contribution < -0.4 is 10.9 Å². The van der Waals surface area contributed by atoms with E-state index in [2.05, 4.69) is 40.1 Å². The molecule has 0 fully saturated rings. The summed E-state index contributed by atoms with van der Waals surface area (Å²) in [5.74, 6) is 0.313. The molecule has 0 bridgehead atoms. The highest BCUT2D eigenvalue weighted by atomic mass is 79.9. The van der Waals surface area contributed by atoms with Gasteiger partial charge < -0.3 is 5.32 Å². The van der Waals surface area contributed by atoms with Gasteiger partial charge in [0.05, 0.1) is 6.33 Å². The molecule has 1 amide bonds. The zero-order chi connectivity index (χ0) is 13.7. The van der Waals surface area contributed by atoms with Gasteiger partial charge in [-0.2, -0.15) is 0 Å². The zero-order valence-corrected chi connectivity index (χ0v) is 12.6. The van der Waals surface area contributed by atoms with Crippen LogP contribution in [0.2, 0.25) is 5.15 Å². The van der Waals surface area contributed by atoms with Gasteiger partial charge in [-0.1, -0.05) is 25.4 Å². The molecular weight excluding hydrogens is 321 g/mol. The van der Waals surface area contributed by atoms with Crippen LogP contribution >= 0.6 is 27.5 Å². The lowest BCUT2D eigenvalue weighted by atomic mass is 10.1. The number of nitrogens with one attached hydrogen (secondary N) is 1. The molecule has 0 aromatic carbocycles. The lowest BCUT2D eigenvalue weighted by molar-refractivity contribution is -0.121. The molecule has 5 nitrogen and oxygen atoms in total. The largest absolute Gasteiger partial charge is 0.355 e. The quantitative estimate of drug-likeness (QED) is 0.834. The van der Waals surface area contributed by atoms with Gasteiger partial charge in [0, 0.05) is 6.54 Å². The Balaban J connectivity index is 2.60. The Morgan fingerprint density at radius 2 is 2.28 bits per heavy atom. The highest BCUT2D eigenvalue weighted by molar-refractivity contribution is 9.10. The van der Waals surface area contributed by atoms with Crippen molar-refractivity contribution < 1.29 is 4.79 Å². The van der Waals surface area contributed by atoms with Gasteiger partial charge >= 0.3 is 0 Å². The van der Waals surface area contributed by atoms with Crippen molar-refractivity contribution >= 4 is 33.4 Å². The van der Waals surface area contributed by atoms with Gasteiger partial charge in [-0.15, -0.1) is 0 Å². The second-order valence-corrected chi connectivity index (χ2v) is 5.47. The third-order valence-electron chi connectivity index (χ3n) is 2.30. The minimum atomic E-state index is -0.367. The molecule has 0 atom stereocenters. The lowest BCUT2D eigenvalue weighted by Crippen LogP contribution is -2.33. The van der Waals surface area contributed by atoms with Gasteiger partial charge in [-0.05, 0) is 28.3 Å². The standard InChI is InChI=1S/C11H15BrClN3O2/c1-7(2)3-4-14-8(17)5-16-6-15-10(13)9(12)11(16)18/h6-7H,3-5H2,1-2H3,(H,14,17). The van der Waals surface area contributed by atoms with Crippen LogP contribution in [-0.4, -0.2) is 22.0 Å². The summed E-state index contributed by atoms with van der Waals surface area (Å²) in [4.78, 5) is 27.1. The molecule has 18 heavy (non-hydrogen) atoms. The van der Waals surface area contributed by atoms with Gasteiger partial charge in [0.2, 0.25) is 5.91 Å². The molecule has 0 aliphatic heterocycles. The van der Waals surface area contributed by atoms with Crippen LogP contribution in [0.25, 0.3) is 0 Å². The number of halogens is 2. The van der Waals surface area contributed by atoms with Crippen molar-refractivity contribution in [1.29, 1.82) is 0 Å². The van der Waals surface area contributed by atoms with Crippen LogP contribution in [0.3, 0.4) is 0 Å². The van der Waals surface area contributed by atoms with Crippen molar-refractivity contribution in [2.45, 2.75) is 26.8 Å². The summed E-state index contributed by atoms with van der Waals surface area (Å²) >= 11 is 8.70.